The number of aromatic nitrogens is 2. The van der Waals surface area contributed by atoms with Gasteiger partial charge in [0.2, 0.25) is 10.0 Å². The molecular weight excluding hydrogens is 416 g/mol. The van der Waals surface area contributed by atoms with Gasteiger partial charge in [-0.05, 0) is 54.7 Å². The number of fused-ring (bicyclic) bond motifs is 1. The first kappa shape index (κ1) is 21.2. The molecule has 9 heteroatoms. The smallest absolute Gasteiger partial charge is 0.267 e. The van der Waals surface area contributed by atoms with Gasteiger partial charge in [0.05, 0.1) is 15.8 Å². The molecule has 0 radical (unpaired) electrons. The van der Waals surface area contributed by atoms with Crippen molar-refractivity contribution >= 4 is 26.8 Å². The first-order valence-corrected chi connectivity index (χ1v) is 11.6. The van der Waals surface area contributed by atoms with Crippen LogP contribution in [0.3, 0.4) is 0 Å². The van der Waals surface area contributed by atoms with E-state index < -0.39 is 21.5 Å². The topological polar surface area (TPSA) is 101 Å². The molecule has 3 aromatic rings. The summed E-state index contributed by atoms with van der Waals surface area (Å²) in [5.74, 6) is 0.0678. The molecule has 2 heterocycles. The zero-order chi connectivity index (χ0) is 22.2. The second-order valence-corrected chi connectivity index (χ2v) is 10.1. The number of hydrogen-bond donors (Lipinski definition) is 1. The van der Waals surface area contributed by atoms with Gasteiger partial charge >= 0.3 is 0 Å². The molecule has 1 saturated heterocycles. The maximum Gasteiger partial charge on any atom is 0.280 e. The van der Waals surface area contributed by atoms with E-state index in [1.54, 1.807) is 24.3 Å². The third-order valence-electron chi connectivity index (χ3n) is 5.48. The van der Waals surface area contributed by atoms with Crippen molar-refractivity contribution in [3.63, 3.8) is 0 Å². The summed E-state index contributed by atoms with van der Waals surface area (Å²) in [4.78, 5) is 29.4. The summed E-state index contributed by atoms with van der Waals surface area (Å²) < 4.78 is 28.5. The second-order valence-electron chi connectivity index (χ2n) is 8.17. The Balaban J connectivity index is 1.54. The molecule has 162 valence electrons. The van der Waals surface area contributed by atoms with Gasteiger partial charge in [-0.3, -0.25) is 15.0 Å². The van der Waals surface area contributed by atoms with Gasteiger partial charge in [0, 0.05) is 18.7 Å². The number of sulfonamides is 1. The van der Waals surface area contributed by atoms with Crippen molar-refractivity contribution in [2.45, 2.75) is 25.2 Å². The molecule has 31 heavy (non-hydrogen) atoms. The van der Waals surface area contributed by atoms with E-state index in [0.29, 0.717) is 35.8 Å². The van der Waals surface area contributed by atoms with Crippen LogP contribution in [-0.4, -0.2) is 41.4 Å². The summed E-state index contributed by atoms with van der Waals surface area (Å²) in [5, 5.41) is 0.386. The van der Waals surface area contributed by atoms with Gasteiger partial charge in [-0.1, -0.05) is 26.0 Å². The number of para-hydroxylation sites is 1. The fourth-order valence-corrected chi connectivity index (χ4v) is 5.73. The molecule has 1 N–H and O–H groups in total. The number of nitrogens with one attached hydrogen (secondary N) is 1. The third-order valence-corrected chi connectivity index (χ3v) is 7.32. The van der Waals surface area contributed by atoms with Crippen LogP contribution in [0.2, 0.25) is 0 Å². The minimum Gasteiger partial charge on any atom is -0.267 e. The monoisotopic (exact) mass is 440 g/mol. The highest BCUT2D eigenvalue weighted by Gasteiger charge is 2.31. The Morgan fingerprint density at radius 2 is 1.68 bits per heavy atom. The number of piperidine rings is 1. The van der Waals surface area contributed by atoms with E-state index in [1.807, 2.05) is 0 Å². The molecule has 1 amide bonds. The van der Waals surface area contributed by atoms with E-state index in [1.165, 1.54) is 34.9 Å². The zero-order valence-corrected chi connectivity index (χ0v) is 18.2. The van der Waals surface area contributed by atoms with Gasteiger partial charge < -0.3 is 0 Å². The summed E-state index contributed by atoms with van der Waals surface area (Å²) in [7, 11) is -3.62. The summed E-state index contributed by atoms with van der Waals surface area (Å²) >= 11 is 0. The summed E-state index contributed by atoms with van der Waals surface area (Å²) in [5.41, 5.74) is 2.87. The van der Waals surface area contributed by atoms with Crippen LogP contribution in [0.25, 0.3) is 10.9 Å². The van der Waals surface area contributed by atoms with Crippen molar-refractivity contribution in [1.82, 2.24) is 14.0 Å². The SMILES string of the molecule is CC1CC(C)CN(S(=O)(=O)c2ccc(C(=O)Nn3cnc4ccccc4c3=O)cc2)C1. The van der Waals surface area contributed by atoms with Crippen LogP contribution in [0.5, 0.6) is 0 Å². The predicted molar refractivity (Wildman–Crippen MR) is 118 cm³/mol. The van der Waals surface area contributed by atoms with E-state index in [2.05, 4.69) is 24.3 Å². The van der Waals surface area contributed by atoms with Gasteiger partial charge in [0.25, 0.3) is 11.5 Å². The summed E-state index contributed by atoms with van der Waals surface area (Å²) in [6, 6.07) is 12.6. The molecule has 1 aliphatic rings. The van der Waals surface area contributed by atoms with Crippen molar-refractivity contribution in [2.24, 2.45) is 11.8 Å². The molecule has 4 rings (SSSR count). The van der Waals surface area contributed by atoms with Gasteiger partial charge in [-0.2, -0.15) is 4.31 Å². The van der Waals surface area contributed by atoms with Crippen LogP contribution >= 0.6 is 0 Å². The number of rotatable bonds is 4. The van der Waals surface area contributed by atoms with E-state index in [9.17, 15) is 18.0 Å². The Morgan fingerprint density at radius 1 is 1.03 bits per heavy atom. The van der Waals surface area contributed by atoms with Crippen LogP contribution < -0.4 is 11.0 Å². The third kappa shape index (κ3) is 4.24. The Labute approximate surface area is 180 Å². The van der Waals surface area contributed by atoms with Crippen LogP contribution in [0.1, 0.15) is 30.6 Å². The summed E-state index contributed by atoms with van der Waals surface area (Å²) in [6.07, 6.45) is 2.26. The van der Waals surface area contributed by atoms with E-state index in [0.717, 1.165) is 11.1 Å². The summed E-state index contributed by atoms with van der Waals surface area (Å²) in [6.45, 7) is 5.09. The van der Waals surface area contributed by atoms with Crippen LogP contribution in [0.15, 0.2) is 64.5 Å². The predicted octanol–water partition coefficient (Wildman–Crippen LogP) is 2.45. The van der Waals surface area contributed by atoms with Gasteiger partial charge in [0.15, 0.2) is 0 Å². The normalized spacial score (nSPS) is 19.9. The molecule has 1 fully saturated rings. The maximum atomic E-state index is 13.0. The van der Waals surface area contributed by atoms with E-state index >= 15 is 0 Å². The molecule has 2 aromatic carbocycles. The molecule has 8 nitrogen and oxygen atoms in total. The van der Waals surface area contributed by atoms with Crippen molar-refractivity contribution in [3.8, 4) is 0 Å². The first-order chi connectivity index (χ1) is 14.8. The quantitative estimate of drug-likeness (QED) is 0.672. The number of amides is 1. The lowest BCUT2D eigenvalue weighted by Crippen LogP contribution is -2.42. The molecule has 2 unspecified atom stereocenters. The highest BCUT2D eigenvalue weighted by atomic mass is 32.2. The number of carbonyl (C=O) groups excluding carboxylic acids is 1. The highest BCUT2D eigenvalue weighted by Crippen LogP contribution is 2.26. The molecule has 2 atom stereocenters. The standard InChI is InChI=1S/C22H24N4O4S/c1-15-11-16(2)13-25(12-15)31(29,30)18-9-7-17(8-10-18)21(27)24-26-14-23-20-6-4-3-5-19(20)22(26)28/h3-10,14-16H,11-13H2,1-2H3,(H,24,27). The van der Waals surface area contributed by atoms with Crippen LogP contribution in [-0.2, 0) is 10.0 Å². The minimum absolute atomic E-state index is 0.148. The van der Waals surface area contributed by atoms with Gasteiger partial charge in [-0.15, -0.1) is 0 Å². The molecule has 0 saturated carbocycles. The largest absolute Gasteiger partial charge is 0.280 e. The molecule has 0 aliphatic carbocycles. The second kappa shape index (κ2) is 8.24. The highest BCUT2D eigenvalue weighted by molar-refractivity contribution is 7.89. The minimum atomic E-state index is -3.62. The molecular formula is C22H24N4O4S. The van der Waals surface area contributed by atoms with Crippen molar-refractivity contribution in [3.05, 3.63) is 70.8 Å². The van der Waals surface area contributed by atoms with Crippen LogP contribution in [0.4, 0.5) is 0 Å². The van der Waals surface area contributed by atoms with Gasteiger partial charge in [-0.25, -0.2) is 18.1 Å². The first-order valence-electron chi connectivity index (χ1n) is 10.1. The Kier molecular flexibility index (Phi) is 5.63. The van der Waals surface area contributed by atoms with Crippen molar-refractivity contribution < 1.29 is 13.2 Å². The van der Waals surface area contributed by atoms with Crippen molar-refractivity contribution in [1.29, 1.82) is 0 Å². The molecule has 1 aliphatic heterocycles. The lowest BCUT2D eigenvalue weighted by molar-refractivity contribution is 0.101. The molecule has 0 bridgehead atoms. The van der Waals surface area contributed by atoms with E-state index in [-0.39, 0.29) is 10.5 Å². The fraction of sp³-hybridized carbons (Fsp3) is 0.318. The number of nitrogens with zero attached hydrogens (tertiary/aromatic N) is 3. The fourth-order valence-electron chi connectivity index (χ4n) is 4.05. The maximum absolute atomic E-state index is 13.0. The molecule has 1 aromatic heterocycles. The van der Waals surface area contributed by atoms with Crippen LogP contribution in [0, 0.1) is 11.8 Å². The van der Waals surface area contributed by atoms with Gasteiger partial charge in [0.1, 0.15) is 6.33 Å². The number of carbonyl (C=O) groups is 1. The van der Waals surface area contributed by atoms with E-state index in [4.69, 9.17) is 0 Å². The Hall–Kier alpha value is -3.04. The molecule has 0 spiro atoms. The number of hydrogen-bond acceptors (Lipinski definition) is 5. The number of benzene rings is 2. The Morgan fingerprint density at radius 3 is 2.35 bits per heavy atom. The lowest BCUT2D eigenvalue weighted by Gasteiger charge is -2.34. The average molecular weight is 441 g/mol. The van der Waals surface area contributed by atoms with Crippen molar-refractivity contribution in [2.75, 3.05) is 18.5 Å². The Bertz CT molecular complexity index is 1270. The zero-order valence-electron chi connectivity index (χ0n) is 17.4. The lowest BCUT2D eigenvalue weighted by atomic mass is 9.94. The average Bonchev–Trinajstić information content (AvgIpc) is 2.75.